The van der Waals surface area contributed by atoms with Crippen LogP contribution in [0.2, 0.25) is 0 Å². The van der Waals surface area contributed by atoms with Crippen molar-refractivity contribution in [2.75, 3.05) is 25.0 Å². The van der Waals surface area contributed by atoms with Crippen LogP contribution in [0.5, 0.6) is 5.75 Å². The van der Waals surface area contributed by atoms with Crippen molar-refractivity contribution in [3.05, 3.63) is 40.4 Å². The van der Waals surface area contributed by atoms with E-state index in [4.69, 9.17) is 4.74 Å². The second-order valence-electron chi connectivity index (χ2n) is 8.37. The van der Waals surface area contributed by atoms with E-state index in [1.54, 1.807) is 11.3 Å². The first-order chi connectivity index (χ1) is 14.5. The fraction of sp³-hybridized carbons (Fsp3) is 0.583. The monoisotopic (exact) mass is 429 g/mol. The van der Waals surface area contributed by atoms with E-state index in [0.29, 0.717) is 10.7 Å². The van der Waals surface area contributed by atoms with Gasteiger partial charge in [0.2, 0.25) is 0 Å². The largest absolute Gasteiger partial charge is 0.494 e. The molecule has 164 valence electrons. The molecule has 0 bridgehead atoms. The molecule has 2 aromatic rings. The Morgan fingerprint density at radius 2 is 1.93 bits per heavy atom. The third kappa shape index (κ3) is 6.81. The van der Waals surface area contributed by atoms with E-state index >= 15 is 0 Å². The van der Waals surface area contributed by atoms with Gasteiger partial charge in [0.1, 0.15) is 5.75 Å². The Bertz CT molecular complexity index is 795. The topological polar surface area (TPSA) is 54.5 Å². The predicted octanol–water partition coefficient (Wildman–Crippen LogP) is 5.89. The summed E-state index contributed by atoms with van der Waals surface area (Å²) in [5.74, 6) is 1.51. The number of carbonyl (C=O) groups is 1. The van der Waals surface area contributed by atoms with Crippen molar-refractivity contribution >= 4 is 22.4 Å². The van der Waals surface area contributed by atoms with Crippen LogP contribution < -0.4 is 10.1 Å². The molecule has 0 aliphatic carbocycles. The fourth-order valence-electron chi connectivity index (χ4n) is 3.64. The van der Waals surface area contributed by atoms with E-state index in [-0.39, 0.29) is 5.91 Å². The number of carbonyl (C=O) groups excluding carboxylic acids is 1. The van der Waals surface area contributed by atoms with Crippen LogP contribution in [-0.4, -0.2) is 35.5 Å². The van der Waals surface area contributed by atoms with Gasteiger partial charge in [0, 0.05) is 17.0 Å². The zero-order valence-electron chi connectivity index (χ0n) is 18.6. The molecule has 30 heavy (non-hydrogen) atoms. The van der Waals surface area contributed by atoms with Crippen LogP contribution in [0.4, 0.5) is 5.13 Å². The number of aromatic nitrogens is 1. The minimum Gasteiger partial charge on any atom is -0.494 e. The Labute approximate surface area is 184 Å². The molecule has 0 radical (unpaired) electrons. The third-order valence-electron chi connectivity index (χ3n) is 5.74. The van der Waals surface area contributed by atoms with Gasteiger partial charge in [-0.25, -0.2) is 4.98 Å². The summed E-state index contributed by atoms with van der Waals surface area (Å²) in [5.41, 5.74) is 1.63. The molecule has 3 rings (SSSR count). The Morgan fingerprint density at radius 1 is 1.20 bits per heavy atom. The van der Waals surface area contributed by atoms with E-state index in [1.165, 1.54) is 37.0 Å². The average molecular weight is 430 g/mol. The number of thiazole rings is 1. The maximum Gasteiger partial charge on any atom is 0.257 e. The van der Waals surface area contributed by atoms with E-state index in [0.717, 1.165) is 50.0 Å². The lowest BCUT2D eigenvalue weighted by Gasteiger charge is -2.29. The first-order valence-corrected chi connectivity index (χ1v) is 12.1. The van der Waals surface area contributed by atoms with Crippen molar-refractivity contribution < 1.29 is 9.53 Å². The number of rotatable bonds is 10. The molecule has 2 heterocycles. The van der Waals surface area contributed by atoms with E-state index in [1.807, 2.05) is 31.2 Å². The van der Waals surface area contributed by atoms with Crippen LogP contribution in [0.15, 0.2) is 24.3 Å². The van der Waals surface area contributed by atoms with Gasteiger partial charge in [0.25, 0.3) is 5.91 Å². The molecule has 0 atom stereocenters. The quantitative estimate of drug-likeness (QED) is 0.478. The predicted molar refractivity (Wildman–Crippen MR) is 125 cm³/mol. The van der Waals surface area contributed by atoms with Crippen LogP contribution in [0.3, 0.4) is 0 Å². The number of nitrogens with zero attached hydrogens (tertiary/aromatic N) is 2. The molecule has 1 aromatic heterocycles. The van der Waals surface area contributed by atoms with Gasteiger partial charge in [0.05, 0.1) is 12.3 Å². The lowest BCUT2D eigenvalue weighted by Crippen LogP contribution is -2.32. The molecule has 1 saturated heterocycles. The van der Waals surface area contributed by atoms with Gasteiger partial charge < -0.3 is 4.74 Å². The smallest absolute Gasteiger partial charge is 0.257 e. The Balaban J connectivity index is 1.49. The molecule has 0 saturated carbocycles. The first kappa shape index (κ1) is 22.8. The summed E-state index contributed by atoms with van der Waals surface area (Å²) in [4.78, 5) is 20.9. The highest BCUT2D eigenvalue weighted by atomic mass is 32.1. The van der Waals surface area contributed by atoms with Gasteiger partial charge in [-0.1, -0.05) is 33.1 Å². The van der Waals surface area contributed by atoms with Crippen molar-refractivity contribution in [2.45, 2.75) is 65.8 Å². The van der Waals surface area contributed by atoms with Crippen LogP contribution in [-0.2, 0) is 6.54 Å². The highest BCUT2D eigenvalue weighted by Crippen LogP contribution is 2.26. The number of amides is 1. The average Bonchev–Trinajstić information content (AvgIpc) is 3.08. The number of likely N-dealkylation sites (tertiary alicyclic amines) is 1. The number of benzene rings is 1. The number of unbranched alkanes of at least 4 members (excludes halogenated alkanes) is 3. The fourth-order valence-corrected chi connectivity index (χ4v) is 4.64. The minimum absolute atomic E-state index is 0.128. The normalized spacial score (nSPS) is 15.3. The molecule has 1 fully saturated rings. The molecule has 5 nitrogen and oxygen atoms in total. The van der Waals surface area contributed by atoms with Crippen molar-refractivity contribution in [1.82, 2.24) is 9.88 Å². The van der Waals surface area contributed by atoms with Crippen molar-refractivity contribution in [3.8, 4) is 5.75 Å². The molecule has 1 aromatic carbocycles. The standard InChI is InChI=1S/C24H35N3O2S/c1-4-5-6-7-16-29-21-10-8-20(9-11-21)23(28)26-24-25-19(3)22(30-24)17-27-14-12-18(2)13-15-27/h8-11,18H,4-7,12-17H2,1-3H3,(H,25,26,28). The summed E-state index contributed by atoms with van der Waals surface area (Å²) in [6.45, 7) is 10.5. The number of aryl methyl sites for hydroxylation is 1. The zero-order valence-corrected chi connectivity index (χ0v) is 19.4. The lowest BCUT2D eigenvalue weighted by atomic mass is 9.99. The van der Waals surface area contributed by atoms with E-state index in [2.05, 4.69) is 29.0 Å². The van der Waals surface area contributed by atoms with Gasteiger partial charge in [-0.15, -0.1) is 11.3 Å². The van der Waals surface area contributed by atoms with Gasteiger partial charge in [-0.3, -0.25) is 15.0 Å². The summed E-state index contributed by atoms with van der Waals surface area (Å²) in [6, 6.07) is 7.36. The van der Waals surface area contributed by atoms with Gasteiger partial charge in [-0.05, 0) is 69.5 Å². The highest BCUT2D eigenvalue weighted by Gasteiger charge is 2.19. The number of piperidine rings is 1. The molecular weight excluding hydrogens is 394 g/mol. The SMILES string of the molecule is CCCCCCOc1ccc(C(=O)Nc2nc(C)c(CN3CCC(C)CC3)s2)cc1. The molecule has 1 N–H and O–H groups in total. The third-order valence-corrected chi connectivity index (χ3v) is 6.80. The Morgan fingerprint density at radius 3 is 2.63 bits per heavy atom. The Hall–Kier alpha value is -1.92. The van der Waals surface area contributed by atoms with Crippen LogP contribution in [0.1, 0.15) is 73.3 Å². The van der Waals surface area contributed by atoms with Gasteiger partial charge in [0.15, 0.2) is 5.13 Å². The van der Waals surface area contributed by atoms with Gasteiger partial charge in [-0.2, -0.15) is 0 Å². The summed E-state index contributed by atoms with van der Waals surface area (Å²) in [5, 5.41) is 3.63. The number of ether oxygens (including phenoxy) is 1. The van der Waals surface area contributed by atoms with Crippen molar-refractivity contribution in [1.29, 1.82) is 0 Å². The van der Waals surface area contributed by atoms with E-state index < -0.39 is 0 Å². The zero-order chi connectivity index (χ0) is 21.3. The summed E-state index contributed by atoms with van der Waals surface area (Å²) in [6.07, 6.45) is 7.26. The molecular formula is C24H35N3O2S. The molecule has 1 amide bonds. The minimum atomic E-state index is -0.128. The number of anilines is 1. The summed E-state index contributed by atoms with van der Waals surface area (Å²) < 4.78 is 5.76. The molecule has 6 heteroatoms. The second kappa shape index (κ2) is 11.5. The van der Waals surface area contributed by atoms with Crippen LogP contribution in [0.25, 0.3) is 0 Å². The van der Waals surface area contributed by atoms with Crippen LogP contribution >= 0.6 is 11.3 Å². The molecule has 1 aliphatic heterocycles. The second-order valence-corrected chi connectivity index (χ2v) is 9.46. The lowest BCUT2D eigenvalue weighted by molar-refractivity contribution is 0.102. The summed E-state index contributed by atoms with van der Waals surface area (Å²) >= 11 is 1.59. The number of hydrogen-bond donors (Lipinski definition) is 1. The molecule has 0 spiro atoms. The maximum absolute atomic E-state index is 12.6. The van der Waals surface area contributed by atoms with Crippen LogP contribution in [0, 0.1) is 12.8 Å². The van der Waals surface area contributed by atoms with E-state index in [9.17, 15) is 4.79 Å². The highest BCUT2D eigenvalue weighted by molar-refractivity contribution is 7.15. The first-order valence-electron chi connectivity index (χ1n) is 11.3. The maximum atomic E-state index is 12.6. The van der Waals surface area contributed by atoms with Crippen molar-refractivity contribution in [3.63, 3.8) is 0 Å². The van der Waals surface area contributed by atoms with Gasteiger partial charge >= 0.3 is 0 Å². The number of hydrogen-bond acceptors (Lipinski definition) is 5. The van der Waals surface area contributed by atoms with Crippen molar-refractivity contribution in [2.24, 2.45) is 5.92 Å². The summed E-state index contributed by atoms with van der Waals surface area (Å²) in [7, 11) is 0. The Kier molecular flexibility index (Phi) is 8.70. The molecule has 0 unspecified atom stereocenters. The number of nitrogens with one attached hydrogen (secondary N) is 1. The molecule has 1 aliphatic rings.